The molecular formula is C20H23NO3. The lowest BCUT2D eigenvalue weighted by Crippen LogP contribution is -2.30. The molecule has 126 valence electrons. The Kier molecular flexibility index (Phi) is 6.01. The molecule has 0 atom stereocenters. The van der Waals surface area contributed by atoms with Gasteiger partial charge in [0.2, 0.25) is 0 Å². The van der Waals surface area contributed by atoms with Gasteiger partial charge in [0.05, 0.1) is 14.2 Å². The number of carbonyl (C=O) groups is 1. The Balaban J connectivity index is 2.34. The van der Waals surface area contributed by atoms with Crippen LogP contribution in [0.25, 0.3) is 0 Å². The number of nitrogens with zero attached hydrogens (tertiary/aromatic N) is 1. The van der Waals surface area contributed by atoms with Crippen LogP contribution in [0, 0.1) is 6.92 Å². The first kappa shape index (κ1) is 17.6. The molecule has 0 spiro atoms. The van der Waals surface area contributed by atoms with Crippen molar-refractivity contribution in [1.29, 1.82) is 0 Å². The highest BCUT2D eigenvalue weighted by atomic mass is 16.5. The van der Waals surface area contributed by atoms with Crippen LogP contribution in [0.4, 0.5) is 0 Å². The third kappa shape index (κ3) is 3.96. The fourth-order valence-electron chi connectivity index (χ4n) is 2.57. The molecule has 1 amide bonds. The Morgan fingerprint density at radius 1 is 1.12 bits per heavy atom. The Bertz CT molecular complexity index is 685. The molecule has 2 rings (SSSR count). The second-order valence-corrected chi connectivity index (χ2v) is 5.47. The zero-order chi connectivity index (χ0) is 17.5. The van der Waals surface area contributed by atoms with Crippen molar-refractivity contribution in [2.45, 2.75) is 13.5 Å². The number of ether oxygens (including phenoxy) is 2. The van der Waals surface area contributed by atoms with E-state index < -0.39 is 0 Å². The van der Waals surface area contributed by atoms with Crippen LogP contribution < -0.4 is 9.47 Å². The summed E-state index contributed by atoms with van der Waals surface area (Å²) in [6.07, 6.45) is 1.73. The molecule has 0 saturated heterocycles. The SMILES string of the molecule is C=CCN(Cc1ccccc1)C(=O)c1cc(OC)c(C)c(OC)c1. The molecule has 0 aliphatic rings. The maximum Gasteiger partial charge on any atom is 0.254 e. The highest BCUT2D eigenvalue weighted by Crippen LogP contribution is 2.30. The molecule has 4 heteroatoms. The van der Waals surface area contributed by atoms with E-state index >= 15 is 0 Å². The van der Waals surface area contributed by atoms with E-state index in [1.165, 1.54) is 0 Å². The van der Waals surface area contributed by atoms with Gasteiger partial charge in [-0.15, -0.1) is 6.58 Å². The molecule has 0 radical (unpaired) electrons. The van der Waals surface area contributed by atoms with Crippen LogP contribution in [-0.4, -0.2) is 31.6 Å². The number of methoxy groups -OCH3 is 2. The smallest absolute Gasteiger partial charge is 0.254 e. The minimum absolute atomic E-state index is 0.0876. The first-order chi connectivity index (χ1) is 11.6. The topological polar surface area (TPSA) is 38.8 Å². The molecule has 0 N–H and O–H groups in total. The summed E-state index contributed by atoms with van der Waals surface area (Å²) in [5.41, 5.74) is 2.47. The van der Waals surface area contributed by atoms with E-state index in [0.29, 0.717) is 30.2 Å². The number of carbonyl (C=O) groups excluding carboxylic acids is 1. The molecule has 0 fully saturated rings. The summed E-state index contributed by atoms with van der Waals surface area (Å²) in [4.78, 5) is 14.7. The van der Waals surface area contributed by atoms with E-state index in [4.69, 9.17) is 9.47 Å². The lowest BCUT2D eigenvalue weighted by Gasteiger charge is -2.22. The summed E-state index contributed by atoms with van der Waals surface area (Å²) >= 11 is 0. The summed E-state index contributed by atoms with van der Waals surface area (Å²) < 4.78 is 10.7. The van der Waals surface area contributed by atoms with Crippen LogP contribution in [0.5, 0.6) is 11.5 Å². The summed E-state index contributed by atoms with van der Waals surface area (Å²) in [6, 6.07) is 13.4. The number of hydrogen-bond acceptors (Lipinski definition) is 3. The summed E-state index contributed by atoms with van der Waals surface area (Å²) in [7, 11) is 3.17. The van der Waals surface area contributed by atoms with Crippen molar-refractivity contribution in [3.05, 3.63) is 71.8 Å². The van der Waals surface area contributed by atoms with E-state index in [1.807, 2.05) is 37.3 Å². The zero-order valence-electron chi connectivity index (χ0n) is 14.4. The number of rotatable bonds is 7. The predicted octanol–water partition coefficient (Wildman–Crippen LogP) is 3.84. The molecule has 2 aromatic carbocycles. The average molecular weight is 325 g/mol. The molecule has 0 unspecified atom stereocenters. The van der Waals surface area contributed by atoms with Gasteiger partial charge in [0, 0.05) is 24.2 Å². The minimum Gasteiger partial charge on any atom is -0.496 e. The summed E-state index contributed by atoms with van der Waals surface area (Å²) in [5.74, 6) is 1.18. The van der Waals surface area contributed by atoms with Crippen molar-refractivity contribution in [3.63, 3.8) is 0 Å². The highest BCUT2D eigenvalue weighted by molar-refractivity contribution is 5.95. The Morgan fingerprint density at radius 2 is 1.71 bits per heavy atom. The molecule has 0 heterocycles. The van der Waals surface area contributed by atoms with Crippen molar-refractivity contribution in [3.8, 4) is 11.5 Å². The van der Waals surface area contributed by atoms with Gasteiger partial charge >= 0.3 is 0 Å². The van der Waals surface area contributed by atoms with Gasteiger partial charge in [0.15, 0.2) is 0 Å². The molecule has 0 bridgehead atoms. The molecular weight excluding hydrogens is 302 g/mol. The standard InChI is InChI=1S/C20H23NO3/c1-5-11-21(14-16-9-7-6-8-10-16)20(22)17-12-18(23-3)15(2)19(13-17)24-4/h5-10,12-13H,1,11,14H2,2-4H3. The van der Waals surface area contributed by atoms with Crippen molar-refractivity contribution in [2.75, 3.05) is 20.8 Å². The van der Waals surface area contributed by atoms with Crippen molar-refractivity contribution in [1.82, 2.24) is 4.90 Å². The monoisotopic (exact) mass is 325 g/mol. The Morgan fingerprint density at radius 3 is 2.21 bits per heavy atom. The molecule has 0 saturated carbocycles. The lowest BCUT2D eigenvalue weighted by molar-refractivity contribution is 0.0762. The second kappa shape index (κ2) is 8.20. The maximum absolute atomic E-state index is 13.0. The quantitative estimate of drug-likeness (QED) is 0.726. The van der Waals surface area contributed by atoms with Crippen LogP contribution in [0.15, 0.2) is 55.1 Å². The number of benzene rings is 2. The van der Waals surface area contributed by atoms with Crippen molar-refractivity contribution >= 4 is 5.91 Å². The largest absolute Gasteiger partial charge is 0.496 e. The molecule has 4 nitrogen and oxygen atoms in total. The highest BCUT2D eigenvalue weighted by Gasteiger charge is 2.19. The van der Waals surface area contributed by atoms with E-state index in [2.05, 4.69) is 6.58 Å². The van der Waals surface area contributed by atoms with E-state index in [9.17, 15) is 4.79 Å². The fraction of sp³-hybridized carbons (Fsp3) is 0.250. The van der Waals surface area contributed by atoms with Gasteiger partial charge in [-0.3, -0.25) is 4.79 Å². The van der Waals surface area contributed by atoms with E-state index in [-0.39, 0.29) is 5.91 Å². The Hall–Kier alpha value is -2.75. The van der Waals surface area contributed by atoms with Gasteiger partial charge in [-0.05, 0) is 24.6 Å². The van der Waals surface area contributed by atoms with Crippen LogP contribution in [-0.2, 0) is 6.54 Å². The first-order valence-corrected chi connectivity index (χ1v) is 7.77. The molecule has 0 aliphatic carbocycles. The van der Waals surface area contributed by atoms with Gasteiger partial charge in [0.25, 0.3) is 5.91 Å². The van der Waals surface area contributed by atoms with Gasteiger partial charge in [-0.2, -0.15) is 0 Å². The maximum atomic E-state index is 13.0. The van der Waals surface area contributed by atoms with Gasteiger partial charge in [-0.25, -0.2) is 0 Å². The molecule has 0 aliphatic heterocycles. The van der Waals surface area contributed by atoms with E-state index in [1.54, 1.807) is 37.3 Å². The second-order valence-electron chi connectivity index (χ2n) is 5.47. The number of hydrogen-bond donors (Lipinski definition) is 0. The normalized spacial score (nSPS) is 10.1. The van der Waals surface area contributed by atoms with Gasteiger partial charge < -0.3 is 14.4 Å². The molecule has 2 aromatic rings. The predicted molar refractivity (Wildman–Crippen MR) is 95.7 cm³/mol. The third-order valence-corrected chi connectivity index (χ3v) is 3.85. The van der Waals surface area contributed by atoms with Crippen LogP contribution in [0.2, 0.25) is 0 Å². The number of amides is 1. The Labute approximate surface area is 143 Å². The molecule has 0 aromatic heterocycles. The summed E-state index contributed by atoms with van der Waals surface area (Å²) in [6.45, 7) is 6.64. The summed E-state index contributed by atoms with van der Waals surface area (Å²) in [5, 5.41) is 0. The van der Waals surface area contributed by atoms with E-state index in [0.717, 1.165) is 11.1 Å². The third-order valence-electron chi connectivity index (χ3n) is 3.85. The van der Waals surface area contributed by atoms with Crippen molar-refractivity contribution in [2.24, 2.45) is 0 Å². The van der Waals surface area contributed by atoms with Crippen LogP contribution in [0.1, 0.15) is 21.5 Å². The minimum atomic E-state index is -0.0876. The van der Waals surface area contributed by atoms with Crippen LogP contribution >= 0.6 is 0 Å². The van der Waals surface area contributed by atoms with Gasteiger partial charge in [0.1, 0.15) is 11.5 Å². The average Bonchev–Trinajstić information content (AvgIpc) is 2.62. The molecule has 24 heavy (non-hydrogen) atoms. The van der Waals surface area contributed by atoms with Crippen molar-refractivity contribution < 1.29 is 14.3 Å². The fourth-order valence-corrected chi connectivity index (χ4v) is 2.57. The van der Waals surface area contributed by atoms with Gasteiger partial charge in [-0.1, -0.05) is 36.4 Å². The lowest BCUT2D eigenvalue weighted by atomic mass is 10.1. The first-order valence-electron chi connectivity index (χ1n) is 7.77. The van der Waals surface area contributed by atoms with Crippen LogP contribution in [0.3, 0.4) is 0 Å². The zero-order valence-corrected chi connectivity index (χ0v) is 14.4.